The third kappa shape index (κ3) is 3.16. The molecule has 0 unspecified atom stereocenters. The van der Waals surface area contributed by atoms with Crippen LogP contribution in [0.2, 0.25) is 0 Å². The van der Waals surface area contributed by atoms with Crippen molar-refractivity contribution in [3.05, 3.63) is 38.2 Å². The Balaban J connectivity index is 2.28. The molecule has 1 aliphatic heterocycles. The molecule has 0 aromatic carbocycles. The summed E-state index contributed by atoms with van der Waals surface area (Å²) in [6.07, 6.45) is -0.0579. The fourth-order valence-electron chi connectivity index (χ4n) is 3.22. The SMILES string of the molecule is CCn1c(=O)[nH]c(=O)c2c(C(=O)N3CCO[C@H](C)C3)cc(C(C)C)nc21. The smallest absolute Gasteiger partial charge is 0.329 e. The topological polar surface area (TPSA) is 97.3 Å². The number of morpholine rings is 1. The van der Waals surface area contributed by atoms with Gasteiger partial charge in [-0.25, -0.2) is 9.78 Å². The van der Waals surface area contributed by atoms with E-state index in [1.807, 2.05) is 20.8 Å². The molecule has 26 heavy (non-hydrogen) atoms. The van der Waals surface area contributed by atoms with E-state index in [-0.39, 0.29) is 34.5 Å². The fraction of sp³-hybridized carbons (Fsp3) is 0.556. The fourth-order valence-corrected chi connectivity index (χ4v) is 3.22. The highest BCUT2D eigenvalue weighted by atomic mass is 16.5. The molecule has 3 heterocycles. The second-order valence-corrected chi connectivity index (χ2v) is 6.88. The molecule has 0 bridgehead atoms. The van der Waals surface area contributed by atoms with Crippen LogP contribution < -0.4 is 11.2 Å². The predicted molar refractivity (Wildman–Crippen MR) is 97.7 cm³/mol. The Labute approximate surface area is 150 Å². The number of carbonyl (C=O) groups excluding carboxylic acids is 1. The van der Waals surface area contributed by atoms with Gasteiger partial charge in [0.1, 0.15) is 0 Å². The predicted octanol–water partition coefficient (Wildman–Crippen LogP) is 1.09. The van der Waals surface area contributed by atoms with Crippen molar-refractivity contribution in [3.63, 3.8) is 0 Å². The lowest BCUT2D eigenvalue weighted by Crippen LogP contribution is -2.45. The van der Waals surface area contributed by atoms with E-state index in [1.165, 1.54) is 4.57 Å². The summed E-state index contributed by atoms with van der Waals surface area (Å²) < 4.78 is 6.89. The summed E-state index contributed by atoms with van der Waals surface area (Å²) in [7, 11) is 0. The van der Waals surface area contributed by atoms with Crippen molar-refractivity contribution in [2.24, 2.45) is 0 Å². The lowest BCUT2D eigenvalue weighted by molar-refractivity contribution is -0.0123. The molecule has 8 nitrogen and oxygen atoms in total. The van der Waals surface area contributed by atoms with Crippen molar-refractivity contribution in [1.82, 2.24) is 19.4 Å². The summed E-state index contributed by atoms with van der Waals surface area (Å²) in [5, 5.41) is 0.167. The Bertz CT molecular complexity index is 960. The minimum atomic E-state index is -0.581. The van der Waals surface area contributed by atoms with Crippen LogP contribution in [-0.2, 0) is 11.3 Å². The molecule has 8 heteroatoms. The molecule has 1 N–H and O–H groups in total. The minimum Gasteiger partial charge on any atom is -0.375 e. The summed E-state index contributed by atoms with van der Waals surface area (Å²) in [6.45, 7) is 9.37. The van der Waals surface area contributed by atoms with Gasteiger partial charge in [0.05, 0.1) is 23.7 Å². The van der Waals surface area contributed by atoms with Gasteiger partial charge >= 0.3 is 5.69 Å². The van der Waals surface area contributed by atoms with E-state index < -0.39 is 11.2 Å². The molecule has 0 spiro atoms. The summed E-state index contributed by atoms with van der Waals surface area (Å²) in [5.41, 5.74) is 0.127. The zero-order valence-corrected chi connectivity index (χ0v) is 15.5. The van der Waals surface area contributed by atoms with Gasteiger partial charge in [0, 0.05) is 25.3 Å². The Hall–Kier alpha value is -2.48. The van der Waals surface area contributed by atoms with Gasteiger partial charge in [-0.05, 0) is 25.8 Å². The number of nitrogens with zero attached hydrogens (tertiary/aromatic N) is 3. The highest BCUT2D eigenvalue weighted by Crippen LogP contribution is 2.22. The number of aromatic amines is 1. The van der Waals surface area contributed by atoms with Gasteiger partial charge in [0.2, 0.25) is 0 Å². The molecule has 1 saturated heterocycles. The number of carbonyl (C=O) groups is 1. The van der Waals surface area contributed by atoms with Crippen LogP contribution in [0.4, 0.5) is 0 Å². The van der Waals surface area contributed by atoms with Crippen LogP contribution in [0, 0.1) is 0 Å². The quantitative estimate of drug-likeness (QED) is 0.884. The van der Waals surface area contributed by atoms with Gasteiger partial charge in [-0.15, -0.1) is 0 Å². The van der Waals surface area contributed by atoms with Crippen molar-refractivity contribution < 1.29 is 9.53 Å². The van der Waals surface area contributed by atoms with Crippen LogP contribution in [0.25, 0.3) is 11.0 Å². The molecule has 1 atom stereocenters. The third-order valence-electron chi connectivity index (χ3n) is 4.63. The number of fused-ring (bicyclic) bond motifs is 1. The summed E-state index contributed by atoms with van der Waals surface area (Å²) in [6, 6.07) is 1.68. The molecule has 0 radical (unpaired) electrons. The lowest BCUT2D eigenvalue weighted by Gasteiger charge is -2.31. The maximum Gasteiger partial charge on any atom is 0.329 e. The van der Waals surface area contributed by atoms with Gasteiger partial charge in [-0.3, -0.25) is 19.1 Å². The maximum absolute atomic E-state index is 13.2. The van der Waals surface area contributed by atoms with Gasteiger partial charge in [-0.1, -0.05) is 13.8 Å². The first-order valence-electron chi connectivity index (χ1n) is 8.92. The highest BCUT2D eigenvalue weighted by Gasteiger charge is 2.27. The molecule has 140 valence electrons. The van der Waals surface area contributed by atoms with Crippen molar-refractivity contribution in [3.8, 4) is 0 Å². The number of hydrogen-bond donors (Lipinski definition) is 1. The van der Waals surface area contributed by atoms with E-state index in [2.05, 4.69) is 9.97 Å². The second-order valence-electron chi connectivity index (χ2n) is 6.88. The first-order chi connectivity index (χ1) is 12.3. The monoisotopic (exact) mass is 360 g/mol. The molecule has 1 amide bonds. The van der Waals surface area contributed by atoms with Crippen molar-refractivity contribution in [2.75, 3.05) is 19.7 Å². The number of ether oxygens (including phenoxy) is 1. The molecule has 3 rings (SSSR count). The van der Waals surface area contributed by atoms with E-state index in [0.717, 1.165) is 0 Å². The lowest BCUT2D eigenvalue weighted by atomic mass is 10.0. The molecule has 1 aliphatic rings. The molecule has 2 aromatic heterocycles. The van der Waals surface area contributed by atoms with Crippen molar-refractivity contribution in [2.45, 2.75) is 46.3 Å². The highest BCUT2D eigenvalue weighted by molar-refractivity contribution is 6.05. The first-order valence-corrected chi connectivity index (χ1v) is 8.92. The number of amides is 1. The van der Waals surface area contributed by atoms with Crippen LogP contribution in [0.15, 0.2) is 15.7 Å². The number of hydrogen-bond acceptors (Lipinski definition) is 5. The first kappa shape index (κ1) is 18.3. The van der Waals surface area contributed by atoms with Gasteiger partial charge in [0.15, 0.2) is 5.65 Å². The van der Waals surface area contributed by atoms with Crippen LogP contribution in [0.1, 0.15) is 49.7 Å². The summed E-state index contributed by atoms with van der Waals surface area (Å²) >= 11 is 0. The number of aryl methyl sites for hydroxylation is 1. The van der Waals surface area contributed by atoms with E-state index in [0.29, 0.717) is 31.9 Å². The average molecular weight is 360 g/mol. The minimum absolute atomic E-state index is 0.0502. The van der Waals surface area contributed by atoms with E-state index in [9.17, 15) is 14.4 Å². The molecular formula is C18H24N4O4. The zero-order valence-electron chi connectivity index (χ0n) is 15.5. The van der Waals surface area contributed by atoms with E-state index >= 15 is 0 Å². The van der Waals surface area contributed by atoms with Gasteiger partial charge < -0.3 is 9.64 Å². The van der Waals surface area contributed by atoms with Crippen molar-refractivity contribution >= 4 is 16.9 Å². The number of pyridine rings is 1. The van der Waals surface area contributed by atoms with Crippen LogP contribution in [0.3, 0.4) is 0 Å². The summed E-state index contributed by atoms with van der Waals surface area (Å²) in [5.74, 6) is -0.185. The van der Waals surface area contributed by atoms with Crippen LogP contribution >= 0.6 is 0 Å². The van der Waals surface area contributed by atoms with E-state index in [1.54, 1.807) is 17.9 Å². The Kier molecular flexibility index (Phi) is 4.95. The molecule has 0 saturated carbocycles. The molecular weight excluding hydrogens is 336 g/mol. The van der Waals surface area contributed by atoms with Crippen LogP contribution in [-0.4, -0.2) is 51.1 Å². The number of nitrogens with one attached hydrogen (secondary N) is 1. The Morgan fingerprint density at radius 3 is 2.77 bits per heavy atom. The average Bonchev–Trinajstić information content (AvgIpc) is 2.60. The largest absolute Gasteiger partial charge is 0.375 e. The number of H-pyrrole nitrogens is 1. The maximum atomic E-state index is 13.2. The van der Waals surface area contributed by atoms with Crippen molar-refractivity contribution in [1.29, 1.82) is 0 Å². The molecule has 0 aliphatic carbocycles. The zero-order chi connectivity index (χ0) is 19.0. The second kappa shape index (κ2) is 7.03. The molecule has 2 aromatic rings. The third-order valence-corrected chi connectivity index (χ3v) is 4.63. The standard InChI is InChI=1S/C18H24N4O4/c1-5-22-15-14(16(23)20-18(22)25)12(8-13(19-15)10(2)3)17(24)21-6-7-26-11(4)9-21/h8,10-11H,5-7,9H2,1-4H3,(H,20,23,25)/t11-/m1/s1. The van der Waals surface area contributed by atoms with Gasteiger partial charge in [0.25, 0.3) is 11.5 Å². The normalized spacial score (nSPS) is 17.9. The number of rotatable bonds is 3. The number of aromatic nitrogens is 3. The van der Waals surface area contributed by atoms with E-state index in [4.69, 9.17) is 4.74 Å². The van der Waals surface area contributed by atoms with Gasteiger partial charge in [-0.2, -0.15) is 0 Å². The summed E-state index contributed by atoms with van der Waals surface area (Å²) in [4.78, 5) is 46.3. The Morgan fingerprint density at radius 1 is 1.42 bits per heavy atom. The van der Waals surface area contributed by atoms with Crippen LogP contribution in [0.5, 0.6) is 0 Å². The Morgan fingerprint density at radius 2 is 2.15 bits per heavy atom. The molecule has 1 fully saturated rings.